The second-order valence-electron chi connectivity index (χ2n) is 6.63. The van der Waals surface area contributed by atoms with Gasteiger partial charge in [-0.3, -0.25) is 0 Å². The molecule has 1 amide bonds. The van der Waals surface area contributed by atoms with Crippen LogP contribution in [0.15, 0.2) is 48.5 Å². The topological polar surface area (TPSA) is 103 Å². The molecule has 2 aromatic rings. The van der Waals surface area contributed by atoms with E-state index in [0.29, 0.717) is 24.7 Å². The molecule has 0 aliphatic rings. The van der Waals surface area contributed by atoms with Gasteiger partial charge in [0, 0.05) is 0 Å². The molecule has 2 aromatic carbocycles. The van der Waals surface area contributed by atoms with Crippen molar-refractivity contribution in [3.05, 3.63) is 59.7 Å². The third-order valence-electron chi connectivity index (χ3n) is 4.40. The summed E-state index contributed by atoms with van der Waals surface area (Å²) in [6.45, 7) is 4.67. The Bertz CT molecular complexity index is 841. The van der Waals surface area contributed by atoms with E-state index >= 15 is 0 Å². The van der Waals surface area contributed by atoms with Gasteiger partial charge in [0.15, 0.2) is 17.6 Å². The van der Waals surface area contributed by atoms with Crippen molar-refractivity contribution in [1.82, 2.24) is 5.32 Å². The van der Waals surface area contributed by atoms with Crippen LogP contribution in [0.3, 0.4) is 0 Å². The molecule has 0 radical (unpaired) electrons. The van der Waals surface area contributed by atoms with Crippen LogP contribution < -0.4 is 14.8 Å². The minimum atomic E-state index is -1.59. The van der Waals surface area contributed by atoms with E-state index in [-0.39, 0.29) is 13.0 Å². The number of aliphatic hydroxyl groups excluding tert-OH is 1. The monoisotopic (exact) mass is 431 g/mol. The number of hydrogen-bond acceptors (Lipinski definition) is 7. The maximum atomic E-state index is 12.4. The van der Waals surface area contributed by atoms with E-state index in [0.717, 1.165) is 11.1 Å². The molecule has 0 fully saturated rings. The van der Waals surface area contributed by atoms with Gasteiger partial charge in [-0.15, -0.1) is 0 Å². The number of hydrogen-bond donors (Lipinski definition) is 2. The van der Waals surface area contributed by atoms with Crippen molar-refractivity contribution >= 4 is 12.1 Å². The summed E-state index contributed by atoms with van der Waals surface area (Å²) in [5.41, 5.74) is 1.51. The van der Waals surface area contributed by atoms with E-state index in [9.17, 15) is 14.7 Å². The summed E-state index contributed by atoms with van der Waals surface area (Å²) >= 11 is 0. The van der Waals surface area contributed by atoms with Gasteiger partial charge in [0.1, 0.15) is 6.61 Å². The first-order valence-electron chi connectivity index (χ1n) is 10.1. The van der Waals surface area contributed by atoms with Crippen LogP contribution >= 0.6 is 0 Å². The predicted octanol–water partition coefficient (Wildman–Crippen LogP) is 2.86. The largest absolute Gasteiger partial charge is 0.490 e. The van der Waals surface area contributed by atoms with Gasteiger partial charge >= 0.3 is 12.1 Å². The molecule has 0 heterocycles. The Morgan fingerprint density at radius 3 is 2.29 bits per heavy atom. The third-order valence-corrected chi connectivity index (χ3v) is 4.40. The molecule has 0 saturated carbocycles. The zero-order valence-corrected chi connectivity index (χ0v) is 18.0. The molecule has 2 N–H and O–H groups in total. The first-order chi connectivity index (χ1) is 15.0. The van der Waals surface area contributed by atoms with Gasteiger partial charge in [-0.1, -0.05) is 36.4 Å². The Labute approximate surface area is 182 Å². The summed E-state index contributed by atoms with van der Waals surface area (Å²) in [5.74, 6) is 0.287. The number of amides is 1. The number of alkyl carbamates (subject to hydrolysis) is 1. The molecule has 0 spiro atoms. The molecule has 168 valence electrons. The Morgan fingerprint density at radius 1 is 0.968 bits per heavy atom. The molecule has 8 nitrogen and oxygen atoms in total. The van der Waals surface area contributed by atoms with Gasteiger partial charge in [-0.05, 0) is 43.5 Å². The molecular weight excluding hydrogens is 402 g/mol. The minimum absolute atomic E-state index is 0.0131. The number of ether oxygens (including phenoxy) is 4. The lowest BCUT2D eigenvalue weighted by molar-refractivity contribution is -0.156. The smallest absolute Gasteiger partial charge is 0.407 e. The van der Waals surface area contributed by atoms with E-state index in [2.05, 4.69) is 10.1 Å². The summed E-state index contributed by atoms with van der Waals surface area (Å²) in [6, 6.07) is 13.4. The molecular formula is C23H29NO7. The van der Waals surface area contributed by atoms with Gasteiger partial charge in [0.05, 0.1) is 26.4 Å². The van der Waals surface area contributed by atoms with Crippen molar-refractivity contribution in [3.63, 3.8) is 0 Å². The van der Waals surface area contributed by atoms with E-state index < -0.39 is 24.2 Å². The standard InChI is InChI=1S/C23H29NO7/c1-4-29-19-12-11-17(14-20(19)30-5-2)13-18(24-23(27)28-3)21(25)22(26)31-15-16-9-7-6-8-10-16/h6-12,14,18,21,25H,4-5,13,15H2,1-3H3,(H,24,27). The number of aliphatic hydroxyl groups is 1. The molecule has 0 aliphatic heterocycles. The van der Waals surface area contributed by atoms with Crippen LogP contribution in [0.2, 0.25) is 0 Å². The van der Waals surface area contributed by atoms with Gasteiger partial charge in [0.25, 0.3) is 0 Å². The highest BCUT2D eigenvalue weighted by molar-refractivity contribution is 5.77. The first-order valence-corrected chi connectivity index (χ1v) is 10.1. The zero-order valence-electron chi connectivity index (χ0n) is 18.0. The number of carbonyl (C=O) groups excluding carboxylic acids is 2. The molecule has 2 atom stereocenters. The zero-order chi connectivity index (χ0) is 22.6. The average molecular weight is 431 g/mol. The number of carbonyl (C=O) groups is 2. The molecule has 0 aromatic heterocycles. The predicted molar refractivity (Wildman–Crippen MR) is 114 cm³/mol. The number of esters is 1. The Hall–Kier alpha value is -3.26. The molecule has 2 rings (SSSR count). The Morgan fingerprint density at radius 2 is 1.65 bits per heavy atom. The van der Waals surface area contributed by atoms with Crippen molar-refractivity contribution in [3.8, 4) is 11.5 Å². The highest BCUT2D eigenvalue weighted by Crippen LogP contribution is 2.29. The molecule has 8 heteroatoms. The van der Waals surface area contributed by atoms with Crippen LogP contribution in [0.4, 0.5) is 4.79 Å². The highest BCUT2D eigenvalue weighted by atomic mass is 16.6. The maximum absolute atomic E-state index is 12.4. The van der Waals surface area contributed by atoms with Crippen LogP contribution in [-0.4, -0.2) is 49.6 Å². The Balaban J connectivity index is 2.14. The SMILES string of the molecule is CCOc1ccc(CC(NC(=O)OC)C(O)C(=O)OCc2ccccc2)cc1OCC. The lowest BCUT2D eigenvalue weighted by atomic mass is 10.0. The third kappa shape index (κ3) is 7.49. The normalized spacial score (nSPS) is 12.4. The number of methoxy groups -OCH3 is 1. The van der Waals surface area contributed by atoms with E-state index in [4.69, 9.17) is 14.2 Å². The summed E-state index contributed by atoms with van der Waals surface area (Å²) in [4.78, 5) is 24.2. The van der Waals surface area contributed by atoms with E-state index in [1.807, 2.05) is 32.0 Å². The van der Waals surface area contributed by atoms with Crippen LogP contribution in [0.1, 0.15) is 25.0 Å². The van der Waals surface area contributed by atoms with E-state index in [1.54, 1.807) is 30.3 Å². The van der Waals surface area contributed by atoms with Crippen molar-refractivity contribution in [2.75, 3.05) is 20.3 Å². The first kappa shape index (κ1) is 24.0. The van der Waals surface area contributed by atoms with Gasteiger partial charge in [0.2, 0.25) is 0 Å². The van der Waals surface area contributed by atoms with Crippen LogP contribution in [0.5, 0.6) is 11.5 Å². The molecule has 0 bridgehead atoms. The summed E-state index contributed by atoms with van der Waals surface area (Å²) in [6.07, 6.45) is -2.22. The minimum Gasteiger partial charge on any atom is -0.490 e. The summed E-state index contributed by atoms with van der Waals surface area (Å²) in [7, 11) is 1.20. The second-order valence-corrected chi connectivity index (χ2v) is 6.63. The van der Waals surface area contributed by atoms with E-state index in [1.165, 1.54) is 7.11 Å². The number of rotatable bonds is 11. The molecule has 0 aliphatic carbocycles. The van der Waals surface area contributed by atoms with Crippen molar-refractivity contribution in [1.29, 1.82) is 0 Å². The average Bonchev–Trinajstić information content (AvgIpc) is 2.79. The lowest BCUT2D eigenvalue weighted by Crippen LogP contribution is -2.48. The lowest BCUT2D eigenvalue weighted by Gasteiger charge is -2.23. The molecule has 0 saturated heterocycles. The fraction of sp³-hybridized carbons (Fsp3) is 0.391. The summed E-state index contributed by atoms with van der Waals surface area (Å²) in [5, 5.41) is 13.1. The number of nitrogens with one attached hydrogen (secondary N) is 1. The van der Waals surface area contributed by atoms with Crippen molar-refractivity contribution in [2.45, 2.75) is 39.0 Å². The van der Waals surface area contributed by atoms with Crippen LogP contribution in [0, 0.1) is 0 Å². The van der Waals surface area contributed by atoms with Gasteiger partial charge < -0.3 is 29.4 Å². The quantitative estimate of drug-likeness (QED) is 0.527. The highest BCUT2D eigenvalue weighted by Gasteiger charge is 2.30. The number of benzene rings is 2. The maximum Gasteiger partial charge on any atom is 0.407 e. The second kappa shape index (κ2) is 12.4. The molecule has 31 heavy (non-hydrogen) atoms. The van der Waals surface area contributed by atoms with Crippen LogP contribution in [0.25, 0.3) is 0 Å². The Kier molecular flexibility index (Phi) is 9.64. The van der Waals surface area contributed by atoms with Crippen molar-refractivity contribution in [2.24, 2.45) is 0 Å². The van der Waals surface area contributed by atoms with Crippen molar-refractivity contribution < 1.29 is 33.6 Å². The summed E-state index contributed by atoms with van der Waals surface area (Å²) < 4.78 is 21.0. The molecule has 2 unspecified atom stereocenters. The van der Waals surface area contributed by atoms with Gasteiger partial charge in [-0.25, -0.2) is 9.59 Å². The fourth-order valence-electron chi connectivity index (χ4n) is 2.91. The fourth-order valence-corrected chi connectivity index (χ4v) is 2.91. The van der Waals surface area contributed by atoms with Crippen LogP contribution in [-0.2, 0) is 27.3 Å². The van der Waals surface area contributed by atoms with Gasteiger partial charge in [-0.2, -0.15) is 0 Å².